The molecule has 5 rings (SSSR count). The summed E-state index contributed by atoms with van der Waals surface area (Å²) in [6.07, 6.45) is 4.92. The lowest BCUT2D eigenvalue weighted by molar-refractivity contribution is 0.0702. The average molecular weight is 446 g/mol. The van der Waals surface area contributed by atoms with Gasteiger partial charge in [0.05, 0.1) is 22.2 Å². The van der Waals surface area contributed by atoms with E-state index in [0.29, 0.717) is 38.4 Å². The predicted molar refractivity (Wildman–Crippen MR) is 119 cm³/mol. The molecular weight excluding hydrogens is 431 g/mol. The minimum atomic E-state index is -1.03. The number of carboxylic acids is 1. The number of aromatic nitrogens is 3. The molecule has 32 heavy (non-hydrogen) atoms. The Morgan fingerprint density at radius 1 is 1.03 bits per heavy atom. The number of nitrogens with two attached hydrogens (primary N) is 1. The van der Waals surface area contributed by atoms with Gasteiger partial charge < -0.3 is 20.0 Å². The fourth-order valence-corrected chi connectivity index (χ4v) is 4.55. The van der Waals surface area contributed by atoms with E-state index in [0.717, 1.165) is 11.3 Å². The SMILES string of the molecule is NC(=O)c1ccc(-n2c(-c3ccc(-n4ccnc4)cc3F)cc3sc(C(=O)O)cc32)cc1. The summed E-state index contributed by atoms with van der Waals surface area (Å²) in [5.41, 5.74) is 8.50. The summed E-state index contributed by atoms with van der Waals surface area (Å²) in [6, 6.07) is 14.8. The van der Waals surface area contributed by atoms with Gasteiger partial charge in [-0.3, -0.25) is 4.79 Å². The highest BCUT2D eigenvalue weighted by Gasteiger charge is 2.20. The summed E-state index contributed by atoms with van der Waals surface area (Å²) in [6.45, 7) is 0. The van der Waals surface area contributed by atoms with Gasteiger partial charge in [0.1, 0.15) is 10.7 Å². The van der Waals surface area contributed by atoms with E-state index in [-0.39, 0.29) is 4.88 Å². The fraction of sp³-hybridized carbons (Fsp3) is 0. The average Bonchev–Trinajstić information content (AvgIpc) is 3.50. The Morgan fingerprint density at radius 3 is 2.41 bits per heavy atom. The number of aromatic carboxylic acids is 1. The van der Waals surface area contributed by atoms with Crippen LogP contribution in [-0.2, 0) is 0 Å². The number of nitrogens with zero attached hydrogens (tertiary/aromatic N) is 3. The van der Waals surface area contributed by atoms with Crippen molar-refractivity contribution in [2.24, 2.45) is 5.73 Å². The predicted octanol–water partition coefficient (Wildman–Crippen LogP) is 4.48. The minimum absolute atomic E-state index is 0.181. The summed E-state index contributed by atoms with van der Waals surface area (Å²) in [7, 11) is 0. The number of rotatable bonds is 5. The molecule has 0 unspecified atom stereocenters. The van der Waals surface area contributed by atoms with Crippen LogP contribution >= 0.6 is 11.3 Å². The molecule has 0 atom stereocenters. The van der Waals surface area contributed by atoms with E-state index >= 15 is 4.39 Å². The molecule has 0 aliphatic heterocycles. The van der Waals surface area contributed by atoms with Gasteiger partial charge in [0, 0.05) is 34.9 Å². The highest BCUT2D eigenvalue weighted by molar-refractivity contribution is 7.20. The number of benzene rings is 2. The second-order valence-corrected chi connectivity index (χ2v) is 8.16. The Bertz CT molecular complexity index is 1480. The van der Waals surface area contributed by atoms with Crippen LogP contribution in [0.2, 0.25) is 0 Å². The molecule has 0 aliphatic carbocycles. The van der Waals surface area contributed by atoms with E-state index in [2.05, 4.69) is 4.98 Å². The summed E-state index contributed by atoms with van der Waals surface area (Å²) in [5.74, 6) is -2.02. The van der Waals surface area contributed by atoms with Crippen molar-refractivity contribution in [2.45, 2.75) is 0 Å². The highest BCUT2D eigenvalue weighted by atomic mass is 32.1. The molecule has 2 aromatic carbocycles. The molecule has 9 heteroatoms. The zero-order valence-electron chi connectivity index (χ0n) is 16.4. The van der Waals surface area contributed by atoms with E-state index in [1.165, 1.54) is 6.07 Å². The number of carboxylic acid groups (broad SMARTS) is 1. The van der Waals surface area contributed by atoms with Gasteiger partial charge in [-0.1, -0.05) is 0 Å². The number of fused-ring (bicyclic) bond motifs is 1. The van der Waals surface area contributed by atoms with Crippen LogP contribution < -0.4 is 5.73 Å². The molecule has 3 heterocycles. The molecule has 3 aromatic heterocycles. The van der Waals surface area contributed by atoms with Gasteiger partial charge in [-0.25, -0.2) is 14.2 Å². The van der Waals surface area contributed by atoms with Gasteiger partial charge >= 0.3 is 5.97 Å². The van der Waals surface area contributed by atoms with Gasteiger partial charge in [-0.15, -0.1) is 11.3 Å². The van der Waals surface area contributed by atoms with Crippen LogP contribution in [0.4, 0.5) is 4.39 Å². The van der Waals surface area contributed by atoms with Crippen molar-refractivity contribution in [1.82, 2.24) is 14.1 Å². The monoisotopic (exact) mass is 446 g/mol. The maximum absolute atomic E-state index is 15.2. The summed E-state index contributed by atoms with van der Waals surface area (Å²) in [4.78, 5) is 27.1. The Balaban J connectivity index is 1.71. The molecule has 5 aromatic rings. The Labute approximate surface area is 184 Å². The van der Waals surface area contributed by atoms with Crippen molar-refractivity contribution >= 4 is 33.4 Å². The topological polar surface area (TPSA) is 103 Å². The first-order valence-corrected chi connectivity index (χ1v) is 10.3. The van der Waals surface area contributed by atoms with Crippen LogP contribution in [0.1, 0.15) is 20.0 Å². The van der Waals surface area contributed by atoms with E-state index < -0.39 is 17.7 Å². The number of primary amides is 1. The van der Waals surface area contributed by atoms with Crippen LogP contribution in [0.25, 0.3) is 32.8 Å². The largest absolute Gasteiger partial charge is 0.477 e. The number of amides is 1. The molecule has 0 bridgehead atoms. The summed E-state index contributed by atoms with van der Waals surface area (Å²) in [5, 5.41) is 9.40. The lowest BCUT2D eigenvalue weighted by Crippen LogP contribution is -2.10. The van der Waals surface area contributed by atoms with E-state index in [4.69, 9.17) is 5.73 Å². The lowest BCUT2D eigenvalue weighted by Gasteiger charge is -2.13. The zero-order valence-corrected chi connectivity index (χ0v) is 17.2. The zero-order chi connectivity index (χ0) is 22.4. The Kier molecular flexibility index (Phi) is 4.60. The van der Waals surface area contributed by atoms with Crippen LogP contribution in [0.15, 0.2) is 73.3 Å². The maximum atomic E-state index is 15.2. The third-order valence-corrected chi connectivity index (χ3v) is 6.20. The first-order chi connectivity index (χ1) is 15.4. The number of carbonyl (C=O) groups is 2. The second kappa shape index (κ2) is 7.47. The summed E-state index contributed by atoms with van der Waals surface area (Å²) < 4.78 is 19.4. The van der Waals surface area contributed by atoms with Crippen LogP contribution in [0.5, 0.6) is 0 Å². The minimum Gasteiger partial charge on any atom is -0.477 e. The van der Waals surface area contributed by atoms with E-state index in [1.807, 2.05) is 0 Å². The van der Waals surface area contributed by atoms with Gasteiger partial charge in [0.15, 0.2) is 0 Å². The molecule has 0 spiro atoms. The van der Waals surface area contributed by atoms with Crippen molar-refractivity contribution < 1.29 is 19.1 Å². The number of thiophene rings is 1. The van der Waals surface area contributed by atoms with Crippen LogP contribution in [-0.4, -0.2) is 31.1 Å². The van der Waals surface area contributed by atoms with E-state index in [1.54, 1.807) is 76.4 Å². The molecule has 7 nitrogen and oxygen atoms in total. The first kappa shape index (κ1) is 19.7. The van der Waals surface area contributed by atoms with Crippen molar-refractivity contribution in [3.05, 3.63) is 89.6 Å². The molecule has 0 aliphatic rings. The third-order valence-electron chi connectivity index (χ3n) is 5.14. The summed E-state index contributed by atoms with van der Waals surface area (Å²) >= 11 is 1.12. The number of hydrogen-bond acceptors (Lipinski definition) is 4. The molecule has 0 radical (unpaired) electrons. The number of halogens is 1. The van der Waals surface area contributed by atoms with Gasteiger partial charge in [-0.05, 0) is 54.6 Å². The number of imidazole rings is 1. The molecule has 3 N–H and O–H groups in total. The third kappa shape index (κ3) is 3.25. The lowest BCUT2D eigenvalue weighted by atomic mass is 10.1. The molecular formula is C23H15FN4O3S. The molecule has 0 saturated heterocycles. The smallest absolute Gasteiger partial charge is 0.345 e. The van der Waals surface area contributed by atoms with Crippen molar-refractivity contribution in [2.75, 3.05) is 0 Å². The molecule has 158 valence electrons. The normalized spacial score (nSPS) is 11.2. The Morgan fingerprint density at radius 2 is 1.78 bits per heavy atom. The van der Waals surface area contributed by atoms with Crippen molar-refractivity contribution in [1.29, 1.82) is 0 Å². The quantitative estimate of drug-likeness (QED) is 0.415. The van der Waals surface area contributed by atoms with Gasteiger partial charge in [-0.2, -0.15) is 0 Å². The number of hydrogen-bond donors (Lipinski definition) is 2. The molecule has 0 fully saturated rings. The van der Waals surface area contributed by atoms with Crippen LogP contribution in [0.3, 0.4) is 0 Å². The first-order valence-electron chi connectivity index (χ1n) is 9.49. The highest BCUT2D eigenvalue weighted by Crippen LogP contribution is 2.37. The number of carbonyl (C=O) groups excluding carboxylic acids is 1. The molecule has 1 amide bonds. The van der Waals surface area contributed by atoms with Crippen molar-refractivity contribution in [3.63, 3.8) is 0 Å². The molecule has 0 saturated carbocycles. The standard InChI is InChI=1S/C23H15FN4O3S/c24-17-9-15(27-8-7-26-12-27)5-6-16(17)18-10-20-19(11-21(32-20)23(30)31)28(18)14-3-1-13(2-4-14)22(25)29/h1-12H,(H2,25,29)(H,30,31). The maximum Gasteiger partial charge on any atom is 0.345 e. The van der Waals surface area contributed by atoms with Crippen LogP contribution in [0, 0.1) is 5.82 Å². The van der Waals surface area contributed by atoms with Crippen molar-refractivity contribution in [3.8, 4) is 22.6 Å². The van der Waals surface area contributed by atoms with E-state index in [9.17, 15) is 14.7 Å². The second-order valence-electron chi connectivity index (χ2n) is 7.08. The fourth-order valence-electron chi connectivity index (χ4n) is 3.63. The Hall–Kier alpha value is -4.24. The van der Waals surface area contributed by atoms with Gasteiger partial charge in [0.2, 0.25) is 5.91 Å². The van der Waals surface area contributed by atoms with Gasteiger partial charge in [0.25, 0.3) is 0 Å².